The van der Waals surface area contributed by atoms with Crippen molar-refractivity contribution >= 4 is 29.3 Å². The fourth-order valence-electron chi connectivity index (χ4n) is 4.74. The minimum Gasteiger partial charge on any atom is -0.444 e. The summed E-state index contributed by atoms with van der Waals surface area (Å²) in [6, 6.07) is 9.64. The van der Waals surface area contributed by atoms with Crippen molar-refractivity contribution in [3.63, 3.8) is 0 Å². The number of nitrogens with one attached hydrogen (secondary N) is 1. The minimum absolute atomic E-state index is 0.0979. The second-order valence-electron chi connectivity index (χ2n) is 9.10. The van der Waals surface area contributed by atoms with E-state index in [1.54, 1.807) is 0 Å². The number of amides is 2. The Morgan fingerprint density at radius 2 is 1.70 bits per heavy atom. The van der Waals surface area contributed by atoms with E-state index in [1.165, 1.54) is 25.7 Å². The van der Waals surface area contributed by atoms with Crippen LogP contribution in [0.5, 0.6) is 0 Å². The number of hydrogen-bond acceptors (Lipinski definition) is 6. The topological polar surface area (TPSA) is 87.7 Å². The fourth-order valence-corrected chi connectivity index (χ4v) is 4.74. The van der Waals surface area contributed by atoms with Crippen molar-refractivity contribution in [2.75, 3.05) is 23.8 Å². The zero-order chi connectivity index (χ0) is 23.4. The number of carbonyl (C=O) groups is 2. The SMILES string of the molecule is Cc1cc(C)nc(N(C)c2ccc(NC(=O)OC3CC(=O)N(C4CCCCCC4)C3)cc2)n1. The van der Waals surface area contributed by atoms with Crippen LogP contribution < -0.4 is 10.2 Å². The van der Waals surface area contributed by atoms with Gasteiger partial charge in [-0.1, -0.05) is 25.7 Å². The van der Waals surface area contributed by atoms with Gasteiger partial charge in [-0.05, 0) is 57.0 Å². The van der Waals surface area contributed by atoms with Gasteiger partial charge in [0.2, 0.25) is 11.9 Å². The van der Waals surface area contributed by atoms with E-state index < -0.39 is 12.2 Å². The third-order valence-electron chi connectivity index (χ3n) is 6.43. The molecule has 1 N–H and O–H groups in total. The molecule has 0 radical (unpaired) electrons. The third-order valence-corrected chi connectivity index (χ3v) is 6.43. The van der Waals surface area contributed by atoms with Gasteiger partial charge in [0.15, 0.2) is 0 Å². The van der Waals surface area contributed by atoms with Crippen LogP contribution in [0.2, 0.25) is 0 Å². The number of hydrogen-bond donors (Lipinski definition) is 1. The molecule has 2 fully saturated rings. The quantitative estimate of drug-likeness (QED) is 0.661. The Morgan fingerprint density at radius 3 is 2.33 bits per heavy atom. The number of carbonyl (C=O) groups excluding carboxylic acids is 2. The van der Waals surface area contributed by atoms with E-state index in [2.05, 4.69) is 15.3 Å². The molecule has 0 bridgehead atoms. The fraction of sp³-hybridized carbons (Fsp3) is 0.520. The van der Waals surface area contributed by atoms with Crippen molar-refractivity contribution in [1.82, 2.24) is 14.9 Å². The van der Waals surface area contributed by atoms with Crippen LogP contribution >= 0.6 is 0 Å². The van der Waals surface area contributed by atoms with Gasteiger partial charge >= 0.3 is 6.09 Å². The molecule has 0 spiro atoms. The van der Waals surface area contributed by atoms with Gasteiger partial charge in [0, 0.05) is 35.9 Å². The summed E-state index contributed by atoms with van der Waals surface area (Å²) in [5.74, 6) is 0.720. The first-order valence-electron chi connectivity index (χ1n) is 11.8. The number of likely N-dealkylation sites (tertiary alicyclic amines) is 1. The largest absolute Gasteiger partial charge is 0.444 e. The van der Waals surface area contributed by atoms with E-state index in [0.717, 1.165) is 29.9 Å². The van der Waals surface area contributed by atoms with Gasteiger partial charge in [0.05, 0.1) is 13.0 Å². The molecule has 1 aliphatic heterocycles. The summed E-state index contributed by atoms with van der Waals surface area (Å²) >= 11 is 0. The van der Waals surface area contributed by atoms with E-state index in [-0.39, 0.29) is 12.3 Å². The number of ether oxygens (including phenoxy) is 1. The second kappa shape index (κ2) is 10.2. The lowest BCUT2D eigenvalue weighted by Gasteiger charge is -2.26. The predicted molar refractivity (Wildman–Crippen MR) is 128 cm³/mol. The highest BCUT2D eigenvalue weighted by Gasteiger charge is 2.36. The van der Waals surface area contributed by atoms with Gasteiger partial charge in [0.25, 0.3) is 0 Å². The zero-order valence-electron chi connectivity index (χ0n) is 19.7. The number of nitrogens with zero attached hydrogens (tertiary/aromatic N) is 4. The lowest BCUT2D eigenvalue weighted by atomic mass is 10.1. The predicted octanol–water partition coefficient (Wildman–Crippen LogP) is 4.73. The van der Waals surface area contributed by atoms with E-state index in [0.29, 0.717) is 24.2 Å². The molecule has 1 atom stereocenters. The molecule has 1 saturated carbocycles. The van der Waals surface area contributed by atoms with Crippen molar-refractivity contribution in [3.8, 4) is 0 Å². The van der Waals surface area contributed by atoms with Crippen LogP contribution in [0.25, 0.3) is 0 Å². The summed E-state index contributed by atoms with van der Waals surface area (Å²) in [6.45, 7) is 4.38. The molecular weight excluding hydrogens is 418 g/mol. The van der Waals surface area contributed by atoms with Gasteiger partial charge in [-0.25, -0.2) is 14.8 Å². The van der Waals surface area contributed by atoms with Crippen molar-refractivity contribution in [2.24, 2.45) is 0 Å². The Hall–Kier alpha value is -3.16. The van der Waals surface area contributed by atoms with Crippen LogP contribution in [-0.4, -0.2) is 52.6 Å². The lowest BCUT2D eigenvalue weighted by molar-refractivity contribution is -0.129. The second-order valence-corrected chi connectivity index (χ2v) is 9.10. The number of aryl methyl sites for hydroxylation is 2. The molecular formula is C25H33N5O3. The number of aromatic nitrogens is 2. The standard InChI is InChI=1S/C25H33N5O3/c1-17-14-18(2)27-24(26-17)29(3)20-12-10-19(11-13-20)28-25(32)33-22-15-23(31)30(16-22)21-8-6-4-5-7-9-21/h10-14,21-22H,4-9,15-16H2,1-3H3,(H,28,32). The average Bonchev–Trinajstić information content (AvgIpc) is 2.97. The van der Waals surface area contributed by atoms with E-state index >= 15 is 0 Å². The van der Waals surface area contributed by atoms with Crippen LogP contribution in [-0.2, 0) is 9.53 Å². The van der Waals surface area contributed by atoms with Crippen LogP contribution in [0.3, 0.4) is 0 Å². The van der Waals surface area contributed by atoms with E-state index in [1.807, 2.05) is 61.0 Å². The third kappa shape index (κ3) is 5.80. The Labute approximate surface area is 195 Å². The van der Waals surface area contributed by atoms with Gasteiger partial charge in [-0.3, -0.25) is 10.1 Å². The number of rotatable bonds is 5. The molecule has 2 aliphatic rings. The smallest absolute Gasteiger partial charge is 0.411 e. The van der Waals surface area contributed by atoms with E-state index in [4.69, 9.17) is 4.74 Å². The summed E-state index contributed by atoms with van der Waals surface area (Å²) < 4.78 is 5.57. The average molecular weight is 452 g/mol. The first-order valence-corrected chi connectivity index (χ1v) is 11.8. The van der Waals surface area contributed by atoms with Crippen LogP contribution in [0, 0.1) is 13.8 Å². The molecule has 1 aliphatic carbocycles. The van der Waals surface area contributed by atoms with Gasteiger partial charge in [-0.2, -0.15) is 0 Å². The molecule has 176 valence electrons. The van der Waals surface area contributed by atoms with Crippen LogP contribution in [0.4, 0.5) is 22.1 Å². The monoisotopic (exact) mass is 451 g/mol. The molecule has 4 rings (SSSR count). The van der Waals surface area contributed by atoms with Crippen molar-refractivity contribution < 1.29 is 14.3 Å². The molecule has 8 heteroatoms. The zero-order valence-corrected chi connectivity index (χ0v) is 19.7. The molecule has 2 aromatic rings. The Bertz CT molecular complexity index is 966. The molecule has 33 heavy (non-hydrogen) atoms. The minimum atomic E-state index is -0.533. The molecule has 1 aromatic carbocycles. The molecule has 1 saturated heterocycles. The molecule has 1 aromatic heterocycles. The van der Waals surface area contributed by atoms with Gasteiger partial charge in [0.1, 0.15) is 6.10 Å². The number of anilines is 3. The maximum Gasteiger partial charge on any atom is 0.411 e. The lowest BCUT2D eigenvalue weighted by Crippen LogP contribution is -2.37. The van der Waals surface area contributed by atoms with Crippen molar-refractivity contribution in [1.29, 1.82) is 0 Å². The highest BCUT2D eigenvalue weighted by molar-refractivity contribution is 5.86. The van der Waals surface area contributed by atoms with Crippen molar-refractivity contribution in [3.05, 3.63) is 41.7 Å². The van der Waals surface area contributed by atoms with Crippen LogP contribution in [0.15, 0.2) is 30.3 Å². The first kappa shape index (κ1) is 23.0. The molecule has 8 nitrogen and oxygen atoms in total. The Balaban J connectivity index is 1.31. The highest BCUT2D eigenvalue weighted by atomic mass is 16.6. The first-order chi connectivity index (χ1) is 15.9. The molecule has 1 unspecified atom stereocenters. The maximum absolute atomic E-state index is 12.5. The van der Waals surface area contributed by atoms with Gasteiger partial charge in [-0.15, -0.1) is 0 Å². The number of benzene rings is 1. The summed E-state index contributed by atoms with van der Waals surface area (Å²) in [7, 11) is 1.90. The van der Waals surface area contributed by atoms with Crippen molar-refractivity contribution in [2.45, 2.75) is 70.9 Å². The van der Waals surface area contributed by atoms with Gasteiger partial charge < -0.3 is 14.5 Å². The molecule has 2 amide bonds. The Kier molecular flexibility index (Phi) is 7.11. The highest BCUT2D eigenvalue weighted by Crippen LogP contribution is 2.27. The summed E-state index contributed by atoms with van der Waals surface area (Å²) in [5, 5.41) is 2.77. The van der Waals surface area contributed by atoms with E-state index in [9.17, 15) is 9.59 Å². The summed E-state index contributed by atoms with van der Waals surface area (Å²) in [4.78, 5) is 37.7. The normalized spacial score (nSPS) is 19.3. The molecule has 2 heterocycles. The summed E-state index contributed by atoms with van der Waals surface area (Å²) in [5.41, 5.74) is 3.35. The van der Waals surface area contributed by atoms with Crippen LogP contribution in [0.1, 0.15) is 56.3 Å². The Morgan fingerprint density at radius 1 is 1.06 bits per heavy atom. The maximum atomic E-state index is 12.5. The summed E-state index contributed by atoms with van der Waals surface area (Å²) in [6.07, 6.45) is 6.27.